The number of halogens is 6. The Morgan fingerprint density at radius 2 is 1.44 bits per heavy atom. The Labute approximate surface area is 354 Å². The van der Waals surface area contributed by atoms with Crippen LogP contribution in [0.2, 0.25) is 0 Å². The highest BCUT2D eigenvalue weighted by Crippen LogP contribution is 2.44. The first kappa shape index (κ1) is 49.4. The first-order valence-electron chi connectivity index (χ1n) is 20.1. The first-order chi connectivity index (χ1) is 29.3. The van der Waals surface area contributed by atoms with Crippen LogP contribution in [-0.4, -0.2) is 101 Å². The average molecular weight is 887 g/mol. The van der Waals surface area contributed by atoms with Crippen LogP contribution < -0.4 is 20.3 Å². The predicted octanol–water partition coefficient (Wildman–Crippen LogP) is 7.53. The van der Waals surface area contributed by atoms with Crippen LogP contribution in [0.15, 0.2) is 36.5 Å². The fourth-order valence-electron chi connectivity index (χ4n) is 7.22. The molecule has 2 aliphatic heterocycles. The van der Waals surface area contributed by atoms with Gasteiger partial charge in [0.15, 0.2) is 0 Å². The van der Waals surface area contributed by atoms with Crippen LogP contribution in [0, 0.1) is 0 Å². The summed E-state index contributed by atoms with van der Waals surface area (Å²) in [4.78, 5) is 49.4. The second-order valence-electron chi connectivity index (χ2n) is 14.8. The van der Waals surface area contributed by atoms with Gasteiger partial charge < -0.3 is 40.2 Å². The van der Waals surface area contributed by atoms with Gasteiger partial charge in [-0.15, -0.1) is 0 Å². The van der Waals surface area contributed by atoms with E-state index in [0.29, 0.717) is 75.9 Å². The van der Waals surface area contributed by atoms with Crippen LogP contribution in [0.4, 0.5) is 42.5 Å². The molecule has 21 heteroatoms. The second kappa shape index (κ2) is 22.2. The van der Waals surface area contributed by atoms with E-state index >= 15 is 0 Å². The predicted molar refractivity (Wildman–Crippen MR) is 212 cm³/mol. The second-order valence-corrected chi connectivity index (χ2v) is 14.8. The monoisotopic (exact) mass is 886 g/mol. The number of pyridine rings is 1. The van der Waals surface area contributed by atoms with Crippen molar-refractivity contribution >= 4 is 29.4 Å². The number of hydrogen-bond acceptors (Lipinski definition) is 11. The number of rotatable bonds is 18. The number of amides is 1. The van der Waals surface area contributed by atoms with Crippen LogP contribution in [0.1, 0.15) is 105 Å². The number of benzene rings is 1. The number of carbonyl (C=O) groups is 3. The standard InChI is InChI=1S/C29H30F6N6O4.C12H22O5/c1-3-27(36)19(14-21-22(41(27)26(42)43)4-5-24(38-21)44-2)25-37-15-23(40-6-8-45-9-7-40)20(39-25)12-16-10-17(28(30,31)32)13-18(11-16)29(33,34)35;13-11(14)7-3-1-5-9-17-10-6-2-4-8-12(15)16/h4-5,10-11,13,15,19H,3,6-9,12,14,36H2,1-2H3,(H,42,43);1-10H2,(H,13,14)(H,15,16). The number of methoxy groups -OCH3 is 1. The van der Waals surface area contributed by atoms with Gasteiger partial charge in [0.05, 0.1) is 66.3 Å². The molecule has 0 saturated carbocycles. The number of nitrogens with zero attached hydrogens (tertiary/aromatic N) is 5. The van der Waals surface area contributed by atoms with E-state index < -0.39 is 59.5 Å². The van der Waals surface area contributed by atoms with Crippen LogP contribution in [0.25, 0.3) is 0 Å². The molecule has 2 unspecified atom stereocenters. The molecule has 3 aromatic rings. The van der Waals surface area contributed by atoms with Crippen molar-refractivity contribution in [1.29, 1.82) is 0 Å². The molecule has 62 heavy (non-hydrogen) atoms. The molecule has 0 aliphatic carbocycles. The number of unbranched alkanes of at least 4 members (excludes halogenated alkanes) is 4. The number of morpholine rings is 1. The van der Waals surface area contributed by atoms with E-state index in [-0.39, 0.29) is 60.4 Å². The Morgan fingerprint density at radius 3 is 1.94 bits per heavy atom. The van der Waals surface area contributed by atoms with E-state index in [1.165, 1.54) is 25.4 Å². The van der Waals surface area contributed by atoms with Crippen molar-refractivity contribution < 1.29 is 70.3 Å². The molecule has 5 rings (SSSR count). The molecule has 342 valence electrons. The van der Waals surface area contributed by atoms with Gasteiger partial charge in [0.1, 0.15) is 11.5 Å². The summed E-state index contributed by atoms with van der Waals surface area (Å²) in [6.45, 7) is 4.47. The number of carboxylic acid groups (broad SMARTS) is 3. The molecule has 1 amide bonds. The molecule has 2 aliphatic rings. The molecule has 1 saturated heterocycles. The number of nitrogens with two attached hydrogens (primary N) is 1. The topological polar surface area (TPSA) is 211 Å². The van der Waals surface area contributed by atoms with Gasteiger partial charge in [-0.3, -0.25) is 14.5 Å². The van der Waals surface area contributed by atoms with E-state index in [4.69, 9.17) is 30.2 Å². The Bertz CT molecular complexity index is 1930. The van der Waals surface area contributed by atoms with Crippen LogP contribution in [-0.2, 0) is 44.3 Å². The van der Waals surface area contributed by atoms with E-state index in [0.717, 1.165) is 30.6 Å². The SMILES string of the molecule is CCC1(N)C(c2ncc(N3CCOCC3)c(Cc3cc(C(F)(F)F)cc(C(F)(F)F)c3)n2)Cc2nc(OC)ccc2N1C(=O)O.O=C(O)CCCCCOCCCCCC(=O)O. The van der Waals surface area contributed by atoms with Gasteiger partial charge in [0.25, 0.3) is 0 Å². The molecule has 1 aromatic carbocycles. The third kappa shape index (κ3) is 13.6. The number of hydrogen-bond donors (Lipinski definition) is 4. The smallest absolute Gasteiger partial charge is 0.416 e. The minimum Gasteiger partial charge on any atom is -0.481 e. The minimum absolute atomic E-state index is 0.0656. The molecule has 1 fully saturated rings. The van der Waals surface area contributed by atoms with Crippen molar-refractivity contribution in [2.24, 2.45) is 5.73 Å². The first-order valence-corrected chi connectivity index (χ1v) is 20.1. The third-order valence-electron chi connectivity index (χ3n) is 10.5. The zero-order valence-electron chi connectivity index (χ0n) is 34.4. The number of aromatic nitrogens is 3. The van der Waals surface area contributed by atoms with Gasteiger partial charge in [0, 0.05) is 58.1 Å². The van der Waals surface area contributed by atoms with Crippen molar-refractivity contribution in [3.8, 4) is 5.88 Å². The molecule has 5 N–H and O–H groups in total. The molecule has 2 atom stereocenters. The lowest BCUT2D eigenvalue weighted by Crippen LogP contribution is -2.64. The highest BCUT2D eigenvalue weighted by Gasteiger charge is 2.50. The molecule has 15 nitrogen and oxygen atoms in total. The molecule has 2 aromatic heterocycles. The summed E-state index contributed by atoms with van der Waals surface area (Å²) in [5.74, 6) is -2.09. The molecular weight excluding hydrogens is 834 g/mol. The van der Waals surface area contributed by atoms with Crippen molar-refractivity contribution in [1.82, 2.24) is 15.0 Å². The van der Waals surface area contributed by atoms with Gasteiger partial charge in [-0.25, -0.2) is 19.7 Å². The van der Waals surface area contributed by atoms with Crippen LogP contribution in [0.3, 0.4) is 0 Å². The maximum absolute atomic E-state index is 13.7. The maximum Gasteiger partial charge on any atom is 0.416 e. The third-order valence-corrected chi connectivity index (χ3v) is 10.5. The lowest BCUT2D eigenvalue weighted by atomic mass is 9.80. The van der Waals surface area contributed by atoms with E-state index in [2.05, 4.69) is 15.0 Å². The Hall–Kier alpha value is -5.28. The van der Waals surface area contributed by atoms with Crippen molar-refractivity contribution in [3.05, 3.63) is 70.4 Å². The van der Waals surface area contributed by atoms with Crippen molar-refractivity contribution in [2.45, 2.75) is 101 Å². The summed E-state index contributed by atoms with van der Waals surface area (Å²) in [6, 6.07) is 4.43. The lowest BCUT2D eigenvalue weighted by molar-refractivity contribution is -0.143. The van der Waals surface area contributed by atoms with Crippen molar-refractivity contribution in [3.63, 3.8) is 0 Å². The highest BCUT2D eigenvalue weighted by molar-refractivity contribution is 5.89. The van der Waals surface area contributed by atoms with Gasteiger partial charge in [-0.05, 0) is 61.9 Å². The number of aliphatic carboxylic acids is 2. The number of carboxylic acids is 2. The van der Waals surface area contributed by atoms with Crippen molar-refractivity contribution in [2.75, 3.05) is 56.4 Å². The lowest BCUT2D eigenvalue weighted by Gasteiger charge is -2.47. The van der Waals surface area contributed by atoms with Gasteiger partial charge in [-0.1, -0.05) is 19.8 Å². The minimum atomic E-state index is -5.02. The summed E-state index contributed by atoms with van der Waals surface area (Å²) in [6.07, 6.45) is -4.76. The zero-order chi connectivity index (χ0) is 45.7. The number of fused-ring (bicyclic) bond motifs is 1. The molecule has 0 spiro atoms. The van der Waals surface area contributed by atoms with Gasteiger partial charge in [-0.2, -0.15) is 26.3 Å². The number of anilines is 2. The normalized spacial score (nSPS) is 17.8. The van der Waals surface area contributed by atoms with Crippen LogP contribution >= 0.6 is 0 Å². The van der Waals surface area contributed by atoms with Crippen LogP contribution in [0.5, 0.6) is 5.88 Å². The molecule has 0 radical (unpaired) electrons. The van der Waals surface area contributed by atoms with Gasteiger partial charge in [0.2, 0.25) is 5.88 Å². The number of alkyl halides is 6. The Kier molecular flexibility index (Phi) is 17.7. The summed E-state index contributed by atoms with van der Waals surface area (Å²) in [7, 11) is 1.40. The average Bonchev–Trinajstić information content (AvgIpc) is 3.21. The molecule has 0 bridgehead atoms. The Morgan fingerprint density at radius 1 is 0.855 bits per heavy atom. The largest absolute Gasteiger partial charge is 0.481 e. The van der Waals surface area contributed by atoms with E-state index in [1.807, 2.05) is 4.90 Å². The zero-order valence-corrected chi connectivity index (χ0v) is 34.4. The molecule has 4 heterocycles. The summed E-state index contributed by atoms with van der Waals surface area (Å²) in [5.41, 5.74) is 3.23. The fraction of sp³-hybridized carbons (Fsp3) is 0.561. The maximum atomic E-state index is 13.7. The highest BCUT2D eigenvalue weighted by atomic mass is 19.4. The fourth-order valence-corrected chi connectivity index (χ4v) is 7.22. The summed E-state index contributed by atoms with van der Waals surface area (Å²) in [5, 5.41) is 27.0. The van der Waals surface area contributed by atoms with E-state index in [9.17, 15) is 45.8 Å². The summed E-state index contributed by atoms with van der Waals surface area (Å²) >= 11 is 0. The number of ether oxygens (including phenoxy) is 3. The quantitative estimate of drug-likeness (QED) is 0.0719. The van der Waals surface area contributed by atoms with Gasteiger partial charge >= 0.3 is 30.4 Å². The Balaban J connectivity index is 0.000000421. The summed E-state index contributed by atoms with van der Waals surface area (Å²) < 4.78 is 97.9. The molecular formula is C41H52F6N6O9. The van der Waals surface area contributed by atoms with E-state index in [1.54, 1.807) is 6.92 Å².